The molecule has 0 aliphatic carbocycles. The van der Waals surface area contributed by atoms with Crippen molar-refractivity contribution >= 4 is 32.8 Å². The second kappa shape index (κ2) is 3.75. The number of hydrogen-bond donors (Lipinski definition) is 1. The number of rotatable bonds is 2. The van der Waals surface area contributed by atoms with Gasteiger partial charge in [-0.05, 0) is 35.0 Å². The summed E-state index contributed by atoms with van der Waals surface area (Å²) in [5, 5.41) is 0. The number of halogens is 1. The Morgan fingerprint density at radius 2 is 2.33 bits per heavy atom. The monoisotopic (exact) mass is 268 g/mol. The maximum Gasteiger partial charge on any atom is 0.265 e. The topological polar surface area (TPSA) is 69.1 Å². The predicted octanol–water partition coefficient (Wildman–Crippen LogP) is 2.12. The fourth-order valence-electron chi connectivity index (χ4n) is 1.22. The predicted molar refractivity (Wildman–Crippen MR) is 59.7 cm³/mol. The molecule has 0 spiro atoms. The summed E-state index contributed by atoms with van der Waals surface area (Å²) in [5.41, 5.74) is 6.68. The van der Waals surface area contributed by atoms with E-state index in [4.69, 9.17) is 10.2 Å². The van der Waals surface area contributed by atoms with E-state index in [1.165, 1.54) is 0 Å². The molecule has 0 saturated carbocycles. The highest BCUT2D eigenvalue weighted by atomic mass is 79.9. The Labute approximate surface area is 94.6 Å². The van der Waals surface area contributed by atoms with Gasteiger partial charge in [0.05, 0.1) is 10.5 Å². The van der Waals surface area contributed by atoms with E-state index in [1.54, 1.807) is 13.0 Å². The fourth-order valence-corrected chi connectivity index (χ4v) is 1.65. The smallest absolute Gasteiger partial charge is 0.265 e. The quantitative estimate of drug-likeness (QED) is 0.848. The number of ketones is 1. The molecule has 0 saturated heterocycles. The number of aromatic nitrogens is 1. The van der Waals surface area contributed by atoms with E-state index in [0.29, 0.717) is 11.1 Å². The van der Waals surface area contributed by atoms with Gasteiger partial charge in [-0.2, -0.15) is 0 Å². The molecule has 15 heavy (non-hydrogen) atoms. The number of para-hydroxylation sites is 1. The van der Waals surface area contributed by atoms with Gasteiger partial charge in [-0.1, -0.05) is 6.07 Å². The van der Waals surface area contributed by atoms with Crippen molar-refractivity contribution in [1.82, 2.24) is 4.98 Å². The van der Waals surface area contributed by atoms with Gasteiger partial charge in [-0.15, -0.1) is 0 Å². The SMILES string of the molecule is CC(N)C(=O)c1nc2cccc(Br)c2o1. The molecule has 1 atom stereocenters. The Balaban J connectivity index is 2.57. The lowest BCUT2D eigenvalue weighted by atomic mass is 10.2. The molecule has 0 bridgehead atoms. The standard InChI is InChI=1S/C10H9BrN2O2/c1-5(12)8(14)10-13-7-4-2-3-6(11)9(7)15-10/h2-5H,12H2,1H3. The third-order valence-electron chi connectivity index (χ3n) is 1.99. The van der Waals surface area contributed by atoms with Crippen LogP contribution in [0.3, 0.4) is 0 Å². The summed E-state index contributed by atoms with van der Waals surface area (Å²) in [6.45, 7) is 1.60. The number of nitrogens with zero attached hydrogens (tertiary/aromatic N) is 1. The van der Waals surface area contributed by atoms with Crippen molar-refractivity contribution in [3.63, 3.8) is 0 Å². The van der Waals surface area contributed by atoms with Gasteiger partial charge >= 0.3 is 0 Å². The van der Waals surface area contributed by atoms with Crippen LogP contribution in [0.4, 0.5) is 0 Å². The van der Waals surface area contributed by atoms with Crippen molar-refractivity contribution in [3.8, 4) is 0 Å². The highest BCUT2D eigenvalue weighted by Crippen LogP contribution is 2.24. The Hall–Kier alpha value is -1.20. The lowest BCUT2D eigenvalue weighted by Crippen LogP contribution is -2.26. The van der Waals surface area contributed by atoms with Gasteiger partial charge in [0, 0.05) is 0 Å². The number of benzene rings is 1. The van der Waals surface area contributed by atoms with E-state index in [-0.39, 0.29) is 11.7 Å². The molecule has 2 rings (SSSR count). The van der Waals surface area contributed by atoms with Crippen LogP contribution in [0.5, 0.6) is 0 Å². The molecule has 2 N–H and O–H groups in total. The average Bonchev–Trinajstić information content (AvgIpc) is 2.61. The minimum atomic E-state index is -0.600. The van der Waals surface area contributed by atoms with Crippen LogP contribution in [0, 0.1) is 0 Å². The van der Waals surface area contributed by atoms with E-state index >= 15 is 0 Å². The van der Waals surface area contributed by atoms with Gasteiger partial charge in [-0.25, -0.2) is 4.98 Å². The zero-order valence-corrected chi connectivity index (χ0v) is 9.61. The number of nitrogens with two attached hydrogens (primary N) is 1. The number of oxazole rings is 1. The molecule has 1 aromatic heterocycles. The van der Waals surface area contributed by atoms with Gasteiger partial charge in [0.1, 0.15) is 5.52 Å². The van der Waals surface area contributed by atoms with E-state index < -0.39 is 6.04 Å². The highest BCUT2D eigenvalue weighted by Gasteiger charge is 2.18. The number of carbonyl (C=O) groups excluding carboxylic acids is 1. The van der Waals surface area contributed by atoms with E-state index in [1.807, 2.05) is 12.1 Å². The van der Waals surface area contributed by atoms with Gasteiger partial charge in [0.15, 0.2) is 5.58 Å². The summed E-state index contributed by atoms with van der Waals surface area (Å²) in [6.07, 6.45) is 0. The number of Topliss-reactive ketones (excluding diaryl/α,β-unsaturated/α-hetero) is 1. The van der Waals surface area contributed by atoms with Crippen molar-refractivity contribution in [3.05, 3.63) is 28.6 Å². The van der Waals surface area contributed by atoms with Crippen LogP contribution in [-0.4, -0.2) is 16.8 Å². The lowest BCUT2D eigenvalue weighted by Gasteiger charge is -1.97. The third kappa shape index (κ3) is 1.80. The van der Waals surface area contributed by atoms with Crippen LogP contribution in [0.1, 0.15) is 17.6 Å². The number of carbonyl (C=O) groups is 1. The Kier molecular flexibility index (Phi) is 2.58. The van der Waals surface area contributed by atoms with Crippen molar-refractivity contribution in [1.29, 1.82) is 0 Å². The molecule has 2 aromatic rings. The zero-order chi connectivity index (χ0) is 11.0. The van der Waals surface area contributed by atoms with Crippen LogP contribution in [0.25, 0.3) is 11.1 Å². The Bertz CT molecular complexity index is 519. The molecule has 78 valence electrons. The molecule has 0 aliphatic rings. The summed E-state index contributed by atoms with van der Waals surface area (Å²) in [6, 6.07) is 4.83. The van der Waals surface area contributed by atoms with Crippen molar-refractivity contribution in [2.24, 2.45) is 5.73 Å². The second-order valence-corrected chi connectivity index (χ2v) is 4.11. The molecule has 4 nitrogen and oxygen atoms in total. The molecule has 0 amide bonds. The van der Waals surface area contributed by atoms with Crippen molar-refractivity contribution in [2.75, 3.05) is 0 Å². The van der Waals surface area contributed by atoms with Crippen molar-refractivity contribution < 1.29 is 9.21 Å². The maximum atomic E-state index is 11.5. The average molecular weight is 269 g/mol. The lowest BCUT2D eigenvalue weighted by molar-refractivity contribution is 0.0936. The van der Waals surface area contributed by atoms with Crippen LogP contribution >= 0.6 is 15.9 Å². The molecular formula is C10H9BrN2O2. The minimum Gasteiger partial charge on any atom is -0.432 e. The van der Waals surface area contributed by atoms with Crippen LogP contribution < -0.4 is 5.73 Å². The molecule has 1 unspecified atom stereocenters. The summed E-state index contributed by atoms with van der Waals surface area (Å²) >= 11 is 3.32. The van der Waals surface area contributed by atoms with Crippen LogP contribution in [-0.2, 0) is 0 Å². The Morgan fingerprint density at radius 3 is 2.93 bits per heavy atom. The highest BCUT2D eigenvalue weighted by molar-refractivity contribution is 9.10. The number of hydrogen-bond acceptors (Lipinski definition) is 4. The fraction of sp³-hybridized carbons (Fsp3) is 0.200. The van der Waals surface area contributed by atoms with E-state index in [0.717, 1.165) is 4.47 Å². The summed E-state index contributed by atoms with van der Waals surface area (Å²) in [5.74, 6) is -0.231. The van der Waals surface area contributed by atoms with Gasteiger partial charge in [0.2, 0.25) is 5.78 Å². The molecule has 1 heterocycles. The number of fused-ring (bicyclic) bond motifs is 1. The van der Waals surface area contributed by atoms with Gasteiger partial charge in [-0.3, -0.25) is 4.79 Å². The molecular weight excluding hydrogens is 260 g/mol. The first-order valence-electron chi connectivity index (χ1n) is 4.44. The summed E-state index contributed by atoms with van der Waals surface area (Å²) in [7, 11) is 0. The third-order valence-corrected chi connectivity index (χ3v) is 2.62. The van der Waals surface area contributed by atoms with Crippen molar-refractivity contribution in [2.45, 2.75) is 13.0 Å². The van der Waals surface area contributed by atoms with Crippen LogP contribution in [0.15, 0.2) is 27.1 Å². The second-order valence-electron chi connectivity index (χ2n) is 3.26. The maximum absolute atomic E-state index is 11.5. The van der Waals surface area contributed by atoms with Crippen LogP contribution in [0.2, 0.25) is 0 Å². The normalized spacial score (nSPS) is 13.0. The zero-order valence-electron chi connectivity index (χ0n) is 8.03. The van der Waals surface area contributed by atoms with Gasteiger partial charge in [0.25, 0.3) is 5.89 Å². The minimum absolute atomic E-state index is 0.0619. The van der Waals surface area contributed by atoms with Gasteiger partial charge < -0.3 is 10.2 Å². The summed E-state index contributed by atoms with van der Waals surface area (Å²) in [4.78, 5) is 15.6. The molecule has 5 heteroatoms. The Morgan fingerprint density at radius 1 is 1.60 bits per heavy atom. The first-order chi connectivity index (χ1) is 7.09. The molecule has 1 aromatic carbocycles. The summed E-state index contributed by atoms with van der Waals surface area (Å²) < 4.78 is 6.11. The molecule has 0 radical (unpaired) electrons. The largest absolute Gasteiger partial charge is 0.432 e. The molecule has 0 aliphatic heterocycles. The van der Waals surface area contributed by atoms with E-state index in [2.05, 4.69) is 20.9 Å². The first-order valence-corrected chi connectivity index (χ1v) is 5.23. The molecule has 0 fully saturated rings. The van der Waals surface area contributed by atoms with E-state index in [9.17, 15) is 4.79 Å². The first kappa shape index (κ1) is 10.3.